The molecule has 4 aliphatic rings. The lowest BCUT2D eigenvalue weighted by Gasteiger charge is -2.27. The summed E-state index contributed by atoms with van der Waals surface area (Å²) < 4.78 is 10.3. The van der Waals surface area contributed by atoms with E-state index in [1.165, 1.54) is 36.6 Å². The van der Waals surface area contributed by atoms with E-state index in [2.05, 4.69) is 73.4 Å². The second-order valence-electron chi connectivity index (χ2n) is 13.0. The largest absolute Gasteiger partial charge is 0.469 e. The number of hydrogen-bond acceptors (Lipinski definition) is 7. The summed E-state index contributed by atoms with van der Waals surface area (Å²) in [5, 5.41) is 21.0. The van der Waals surface area contributed by atoms with Crippen LogP contribution in [0.15, 0.2) is 28.7 Å². The molecule has 1 unspecified atom stereocenters. The van der Waals surface area contributed by atoms with Crippen molar-refractivity contribution in [1.82, 2.24) is 20.6 Å². The third kappa shape index (κ3) is 4.87. The molecule has 1 saturated heterocycles. The fourth-order valence-electron chi connectivity index (χ4n) is 8.25. The van der Waals surface area contributed by atoms with Crippen molar-refractivity contribution in [3.63, 3.8) is 0 Å². The van der Waals surface area contributed by atoms with Crippen LogP contribution in [0.1, 0.15) is 86.7 Å². The Kier molecular flexibility index (Phi) is 8.10. The Morgan fingerprint density at radius 2 is 1.71 bits per heavy atom. The highest BCUT2D eigenvalue weighted by Gasteiger charge is 2.49. The minimum absolute atomic E-state index is 0.0402. The van der Waals surface area contributed by atoms with Gasteiger partial charge in [0, 0.05) is 63.0 Å². The predicted molar refractivity (Wildman–Crippen MR) is 174 cm³/mol. The van der Waals surface area contributed by atoms with Crippen LogP contribution >= 0.6 is 0 Å². The number of esters is 2. The molecule has 3 aliphatic heterocycles. The lowest BCUT2D eigenvalue weighted by atomic mass is 9.80. The van der Waals surface area contributed by atoms with Crippen LogP contribution in [0.25, 0.3) is 17.7 Å². The second-order valence-corrected chi connectivity index (χ2v) is 13.0. The SMILES string of the molecule is CCc1c2[nH]c(c1C)/C=C1\NC(=C(C)[C@@H]1CC)/C=C1\NC(C3=c4[nH]/c(c(C)c4[C@H](O)[C@@H]3C(=O)OC)=C\2)[C@@H](CCC(=O)OC)[C@@H]1C. The molecule has 6 atom stereocenters. The first kappa shape index (κ1) is 31.0. The highest BCUT2D eigenvalue weighted by molar-refractivity contribution is 5.88. The van der Waals surface area contributed by atoms with Gasteiger partial charge in [-0.1, -0.05) is 20.8 Å². The maximum absolute atomic E-state index is 13.4. The van der Waals surface area contributed by atoms with Crippen LogP contribution in [-0.4, -0.2) is 47.3 Å². The lowest BCUT2D eigenvalue weighted by molar-refractivity contribution is -0.146. The third-order valence-corrected chi connectivity index (χ3v) is 10.9. The van der Waals surface area contributed by atoms with E-state index in [0.717, 1.165) is 63.0 Å². The van der Waals surface area contributed by atoms with E-state index in [-0.39, 0.29) is 36.2 Å². The van der Waals surface area contributed by atoms with Crippen molar-refractivity contribution in [1.29, 1.82) is 0 Å². The first-order valence-electron chi connectivity index (χ1n) is 16.2. The minimum atomic E-state index is -1.06. The zero-order chi connectivity index (χ0) is 32.3. The Morgan fingerprint density at radius 1 is 0.956 bits per heavy atom. The number of fused-ring (bicyclic) bond motifs is 8. The van der Waals surface area contributed by atoms with Crippen molar-refractivity contribution in [2.24, 2.45) is 23.7 Å². The topological polar surface area (TPSA) is 128 Å². The van der Waals surface area contributed by atoms with Crippen LogP contribution in [0.2, 0.25) is 0 Å². The van der Waals surface area contributed by atoms with Crippen LogP contribution in [-0.2, 0) is 25.5 Å². The molecule has 0 amide bonds. The molecular formula is C36H46N4O5. The van der Waals surface area contributed by atoms with Crippen LogP contribution in [0.4, 0.5) is 0 Å². The molecule has 8 bridgehead atoms. The molecular weight excluding hydrogens is 568 g/mol. The molecule has 240 valence electrons. The smallest absolute Gasteiger partial charge is 0.315 e. The van der Waals surface area contributed by atoms with Gasteiger partial charge in [-0.05, 0) is 92.0 Å². The van der Waals surface area contributed by atoms with Gasteiger partial charge in [0.05, 0.1) is 26.4 Å². The summed E-state index contributed by atoms with van der Waals surface area (Å²) in [5.74, 6) is -1.36. The lowest BCUT2D eigenvalue weighted by Crippen LogP contribution is -2.37. The van der Waals surface area contributed by atoms with Crippen molar-refractivity contribution >= 4 is 29.7 Å². The van der Waals surface area contributed by atoms with E-state index in [1.54, 1.807) is 0 Å². The molecule has 5 N–H and O–H groups in total. The molecule has 0 saturated carbocycles. The maximum atomic E-state index is 13.4. The quantitative estimate of drug-likeness (QED) is 0.314. The molecule has 6 rings (SSSR count). The van der Waals surface area contributed by atoms with E-state index in [1.807, 2.05) is 6.92 Å². The Morgan fingerprint density at radius 3 is 2.38 bits per heavy atom. The third-order valence-electron chi connectivity index (χ3n) is 10.9. The average molecular weight is 615 g/mol. The molecule has 2 aromatic rings. The van der Waals surface area contributed by atoms with Gasteiger partial charge in [0.2, 0.25) is 0 Å². The first-order valence-corrected chi connectivity index (χ1v) is 16.2. The number of nitrogens with one attached hydrogen (secondary N) is 4. The van der Waals surface area contributed by atoms with Crippen LogP contribution in [0.3, 0.4) is 0 Å². The van der Waals surface area contributed by atoms with Crippen LogP contribution in [0, 0.1) is 37.5 Å². The number of methoxy groups -OCH3 is 2. The van der Waals surface area contributed by atoms with E-state index in [4.69, 9.17) is 9.47 Å². The molecule has 0 aromatic carbocycles. The minimum Gasteiger partial charge on any atom is -0.469 e. The first-order chi connectivity index (χ1) is 21.5. The predicted octanol–water partition coefficient (Wildman–Crippen LogP) is 3.66. The van der Waals surface area contributed by atoms with Gasteiger partial charge in [-0.15, -0.1) is 0 Å². The number of aromatic amines is 2. The summed E-state index contributed by atoms with van der Waals surface area (Å²) in [4.78, 5) is 33.1. The molecule has 1 fully saturated rings. The molecule has 1 aliphatic carbocycles. The fourth-order valence-corrected chi connectivity index (χ4v) is 8.25. The van der Waals surface area contributed by atoms with Crippen LogP contribution in [0.5, 0.6) is 0 Å². The normalized spacial score (nSPS) is 29.7. The number of hydrogen-bond donors (Lipinski definition) is 5. The monoisotopic (exact) mass is 614 g/mol. The Labute approximate surface area is 264 Å². The molecule has 0 radical (unpaired) electrons. The summed E-state index contributed by atoms with van der Waals surface area (Å²) in [6.07, 6.45) is 8.17. The number of aromatic nitrogens is 2. The van der Waals surface area contributed by atoms with Crippen molar-refractivity contribution in [2.75, 3.05) is 14.2 Å². The Hall–Kier alpha value is -3.98. The van der Waals surface area contributed by atoms with Gasteiger partial charge in [0.15, 0.2) is 0 Å². The zero-order valence-electron chi connectivity index (χ0n) is 27.6. The Bertz CT molecular complexity index is 1790. The summed E-state index contributed by atoms with van der Waals surface area (Å²) in [7, 11) is 2.77. The van der Waals surface area contributed by atoms with Crippen molar-refractivity contribution in [3.05, 3.63) is 73.1 Å². The van der Waals surface area contributed by atoms with E-state index in [9.17, 15) is 14.7 Å². The number of aliphatic hydroxyl groups is 1. The van der Waals surface area contributed by atoms with Crippen molar-refractivity contribution in [3.8, 4) is 0 Å². The molecule has 9 nitrogen and oxygen atoms in total. The van der Waals surface area contributed by atoms with Gasteiger partial charge in [0.1, 0.15) is 5.92 Å². The van der Waals surface area contributed by atoms with Gasteiger partial charge < -0.3 is 35.2 Å². The van der Waals surface area contributed by atoms with Gasteiger partial charge in [0.25, 0.3) is 0 Å². The zero-order valence-corrected chi connectivity index (χ0v) is 27.6. The van der Waals surface area contributed by atoms with E-state index < -0.39 is 18.0 Å². The number of H-pyrrole nitrogens is 2. The molecule has 9 heteroatoms. The van der Waals surface area contributed by atoms with Gasteiger partial charge in [-0.3, -0.25) is 9.59 Å². The molecule has 2 aromatic heterocycles. The number of rotatable bonds is 6. The number of carbonyl (C=O) groups is 2. The van der Waals surface area contributed by atoms with E-state index >= 15 is 0 Å². The average Bonchev–Trinajstić information content (AvgIpc) is 3.76. The van der Waals surface area contributed by atoms with Gasteiger partial charge >= 0.3 is 11.9 Å². The highest BCUT2D eigenvalue weighted by atomic mass is 16.5. The van der Waals surface area contributed by atoms with Crippen molar-refractivity contribution in [2.45, 2.75) is 79.4 Å². The van der Waals surface area contributed by atoms with Crippen molar-refractivity contribution < 1.29 is 24.2 Å². The fraction of sp³-hybridized carbons (Fsp3) is 0.500. The summed E-state index contributed by atoms with van der Waals surface area (Å²) >= 11 is 0. The summed E-state index contributed by atoms with van der Waals surface area (Å²) in [5.41, 5.74) is 11.5. The molecule has 45 heavy (non-hydrogen) atoms. The van der Waals surface area contributed by atoms with Gasteiger partial charge in [-0.25, -0.2) is 0 Å². The van der Waals surface area contributed by atoms with Crippen LogP contribution < -0.4 is 21.3 Å². The highest BCUT2D eigenvalue weighted by Crippen LogP contribution is 2.45. The number of ether oxygens (including phenoxy) is 2. The summed E-state index contributed by atoms with van der Waals surface area (Å²) in [6.45, 7) is 12.9. The Balaban J connectivity index is 1.66. The maximum Gasteiger partial charge on any atom is 0.315 e. The second kappa shape index (κ2) is 11.7. The van der Waals surface area contributed by atoms with E-state index in [0.29, 0.717) is 6.42 Å². The standard InChI is InChI=1S/C36H46N4O5/c1-9-20-16(3)23-13-25-18(5)22(11-12-29(41)44-7)33(39-25)31-32(36(43)45-8)35(42)30-19(6)26(40-34(30)31)15-28-21(10-2)17(4)24(38-28)14-27(20)37-23/h13-15,18,20,22,32-33,35,37-40,42H,9-12H2,1-8H3/b25-13-,26-15-,27-14-/t18-,20-,22-,32+,33?,35-/m0/s1. The number of carbonyl (C=O) groups excluding carboxylic acids is 2. The molecule has 0 spiro atoms. The summed E-state index contributed by atoms with van der Waals surface area (Å²) in [6, 6.07) is -0.320. The number of allylic oxidation sites excluding steroid dienone is 3. The molecule has 5 heterocycles. The number of aliphatic hydroxyl groups excluding tert-OH is 1. The van der Waals surface area contributed by atoms with Gasteiger partial charge in [-0.2, -0.15) is 0 Å².